The molecule has 0 spiro atoms. The average Bonchev–Trinajstić information content (AvgIpc) is 3.33. The largest absolute Gasteiger partial charge is 0.352 e. The Morgan fingerprint density at radius 1 is 1.10 bits per heavy atom. The van der Waals surface area contributed by atoms with Crippen molar-refractivity contribution < 1.29 is 0 Å². The Labute approximate surface area is 177 Å². The molecule has 4 rings (SSSR count). The van der Waals surface area contributed by atoms with Gasteiger partial charge in [-0.25, -0.2) is 15.0 Å². The van der Waals surface area contributed by atoms with Crippen molar-refractivity contribution in [3.8, 4) is 0 Å². The molecular formula is C23H29N7. The van der Waals surface area contributed by atoms with Gasteiger partial charge < -0.3 is 14.5 Å². The summed E-state index contributed by atoms with van der Waals surface area (Å²) in [5, 5.41) is 3.34. The molecule has 30 heavy (non-hydrogen) atoms. The highest BCUT2D eigenvalue weighted by atomic mass is 15.2. The van der Waals surface area contributed by atoms with Crippen LogP contribution in [0.15, 0.2) is 43.2 Å². The molecule has 0 saturated heterocycles. The summed E-state index contributed by atoms with van der Waals surface area (Å²) in [6.07, 6.45) is 8.07. The van der Waals surface area contributed by atoms with Crippen LogP contribution in [0.2, 0.25) is 0 Å². The van der Waals surface area contributed by atoms with Crippen molar-refractivity contribution in [2.45, 2.75) is 46.1 Å². The lowest BCUT2D eigenvalue weighted by molar-refractivity contribution is 0.589. The fourth-order valence-electron chi connectivity index (χ4n) is 3.57. The molecule has 0 aliphatic heterocycles. The molecule has 1 N–H and O–H groups in total. The molecule has 0 atom stereocenters. The van der Waals surface area contributed by atoms with Gasteiger partial charge in [-0.05, 0) is 29.0 Å². The minimum Gasteiger partial charge on any atom is -0.352 e. The molecule has 156 valence electrons. The average molecular weight is 404 g/mol. The summed E-state index contributed by atoms with van der Waals surface area (Å²) in [7, 11) is 1.99. The van der Waals surface area contributed by atoms with E-state index in [4.69, 9.17) is 4.98 Å². The lowest BCUT2D eigenvalue weighted by atomic mass is 9.84. The van der Waals surface area contributed by atoms with E-state index in [0.29, 0.717) is 12.5 Å². The van der Waals surface area contributed by atoms with Crippen molar-refractivity contribution >= 4 is 17.1 Å². The number of nitrogens with zero attached hydrogens (tertiary/aromatic N) is 6. The molecule has 0 bridgehead atoms. The van der Waals surface area contributed by atoms with Crippen LogP contribution >= 0.6 is 0 Å². The highest BCUT2D eigenvalue weighted by molar-refractivity contribution is 5.75. The number of fused-ring (bicyclic) bond motifs is 1. The van der Waals surface area contributed by atoms with Gasteiger partial charge in [-0.3, -0.25) is 0 Å². The fraction of sp³-hybridized carbons (Fsp3) is 0.391. The predicted octanol–water partition coefficient (Wildman–Crippen LogP) is 3.87. The van der Waals surface area contributed by atoms with E-state index in [1.807, 2.05) is 22.4 Å². The van der Waals surface area contributed by atoms with Gasteiger partial charge in [0.2, 0.25) is 5.95 Å². The normalized spacial score (nSPS) is 11.9. The van der Waals surface area contributed by atoms with Crippen LogP contribution in [-0.4, -0.2) is 35.6 Å². The van der Waals surface area contributed by atoms with Gasteiger partial charge in [-0.2, -0.15) is 4.98 Å². The molecule has 0 radical (unpaired) electrons. The maximum atomic E-state index is 4.87. The van der Waals surface area contributed by atoms with Crippen molar-refractivity contribution in [1.29, 1.82) is 0 Å². The Morgan fingerprint density at radius 2 is 1.93 bits per heavy atom. The molecule has 3 heterocycles. The SMILES string of the molecule is Cc1ccc(C(C)(C)C)cc1Cc1nc(NCCn2ccnc2)nc2ncn(C)c12. The third kappa shape index (κ3) is 4.20. The number of hydrogen-bond donors (Lipinski definition) is 1. The Balaban J connectivity index is 1.65. The van der Waals surface area contributed by atoms with Crippen molar-refractivity contribution in [2.75, 3.05) is 11.9 Å². The summed E-state index contributed by atoms with van der Waals surface area (Å²) < 4.78 is 4.03. The van der Waals surface area contributed by atoms with Gasteiger partial charge >= 0.3 is 0 Å². The second kappa shape index (κ2) is 7.89. The summed E-state index contributed by atoms with van der Waals surface area (Å²) in [5.41, 5.74) is 6.68. The quantitative estimate of drug-likeness (QED) is 0.529. The zero-order chi connectivity index (χ0) is 21.3. The Hall–Kier alpha value is -3.22. The van der Waals surface area contributed by atoms with Crippen LogP contribution in [0, 0.1) is 6.92 Å². The third-order valence-corrected chi connectivity index (χ3v) is 5.43. The number of imidazole rings is 2. The summed E-state index contributed by atoms with van der Waals surface area (Å²) in [5.74, 6) is 0.612. The maximum Gasteiger partial charge on any atom is 0.225 e. The number of rotatable bonds is 6. The summed E-state index contributed by atoms with van der Waals surface area (Å²) in [4.78, 5) is 18.0. The monoisotopic (exact) mass is 403 g/mol. The van der Waals surface area contributed by atoms with E-state index < -0.39 is 0 Å². The number of aromatic nitrogens is 6. The lowest BCUT2D eigenvalue weighted by Crippen LogP contribution is -2.13. The predicted molar refractivity (Wildman–Crippen MR) is 120 cm³/mol. The molecule has 0 aliphatic rings. The Kier molecular flexibility index (Phi) is 5.28. The second-order valence-electron chi connectivity index (χ2n) is 8.82. The maximum absolute atomic E-state index is 4.87. The number of aryl methyl sites for hydroxylation is 2. The smallest absolute Gasteiger partial charge is 0.225 e. The molecule has 1 aromatic carbocycles. The van der Waals surface area contributed by atoms with Crippen LogP contribution in [0.4, 0.5) is 5.95 Å². The number of hydrogen-bond acceptors (Lipinski definition) is 5. The standard InChI is InChI=1S/C23H29N7/c1-16-6-7-18(23(2,3)4)12-17(16)13-19-20-21(26-15-29(20)5)28-22(27-19)25-9-11-30-10-8-24-14-30/h6-8,10,12,14-15H,9,11,13H2,1-5H3,(H,25,27,28). The van der Waals surface area contributed by atoms with Crippen LogP contribution in [0.3, 0.4) is 0 Å². The second-order valence-corrected chi connectivity index (χ2v) is 8.82. The van der Waals surface area contributed by atoms with E-state index in [2.05, 4.69) is 66.2 Å². The van der Waals surface area contributed by atoms with E-state index in [1.165, 1.54) is 16.7 Å². The molecule has 0 aliphatic carbocycles. The fourth-order valence-corrected chi connectivity index (χ4v) is 3.57. The number of benzene rings is 1. The first-order valence-electron chi connectivity index (χ1n) is 10.3. The zero-order valence-electron chi connectivity index (χ0n) is 18.3. The topological polar surface area (TPSA) is 73.5 Å². The molecule has 3 aromatic heterocycles. The molecular weight excluding hydrogens is 374 g/mol. The van der Waals surface area contributed by atoms with Gasteiger partial charge in [0.1, 0.15) is 5.52 Å². The van der Waals surface area contributed by atoms with E-state index in [-0.39, 0.29) is 5.41 Å². The van der Waals surface area contributed by atoms with E-state index in [1.54, 1.807) is 18.9 Å². The van der Waals surface area contributed by atoms with Crippen LogP contribution in [0.25, 0.3) is 11.2 Å². The van der Waals surface area contributed by atoms with E-state index in [9.17, 15) is 0 Å². The summed E-state index contributed by atoms with van der Waals surface area (Å²) >= 11 is 0. The molecule has 0 fully saturated rings. The third-order valence-electron chi connectivity index (χ3n) is 5.43. The summed E-state index contributed by atoms with van der Waals surface area (Å²) in [6, 6.07) is 6.75. The van der Waals surface area contributed by atoms with Crippen molar-refractivity contribution in [3.63, 3.8) is 0 Å². The first-order valence-corrected chi connectivity index (χ1v) is 10.3. The zero-order valence-corrected chi connectivity index (χ0v) is 18.3. The molecule has 7 heteroatoms. The van der Waals surface area contributed by atoms with E-state index in [0.717, 1.165) is 29.8 Å². The van der Waals surface area contributed by atoms with Crippen molar-refractivity contribution in [3.05, 3.63) is 65.6 Å². The van der Waals surface area contributed by atoms with Gasteiger partial charge in [0.05, 0.1) is 18.3 Å². The van der Waals surface area contributed by atoms with Gasteiger partial charge in [0.25, 0.3) is 0 Å². The van der Waals surface area contributed by atoms with Crippen molar-refractivity contribution in [1.82, 2.24) is 29.1 Å². The molecule has 0 unspecified atom stereocenters. The van der Waals surface area contributed by atoms with Crippen LogP contribution in [-0.2, 0) is 25.4 Å². The molecule has 0 saturated carbocycles. The van der Waals surface area contributed by atoms with Gasteiger partial charge in [-0.1, -0.05) is 39.0 Å². The Bertz CT molecular complexity index is 1150. The molecule has 0 amide bonds. The van der Waals surface area contributed by atoms with Gasteiger partial charge in [0, 0.05) is 39.0 Å². The highest BCUT2D eigenvalue weighted by Gasteiger charge is 2.17. The Morgan fingerprint density at radius 3 is 2.67 bits per heavy atom. The molecule has 4 aromatic rings. The lowest BCUT2D eigenvalue weighted by Gasteiger charge is -2.21. The first-order chi connectivity index (χ1) is 14.3. The van der Waals surface area contributed by atoms with Crippen LogP contribution < -0.4 is 5.32 Å². The first kappa shape index (κ1) is 20.1. The number of anilines is 1. The minimum absolute atomic E-state index is 0.107. The summed E-state index contributed by atoms with van der Waals surface area (Å²) in [6.45, 7) is 10.4. The van der Waals surface area contributed by atoms with Gasteiger partial charge in [0.15, 0.2) is 5.65 Å². The minimum atomic E-state index is 0.107. The van der Waals surface area contributed by atoms with Crippen LogP contribution in [0.1, 0.15) is 43.2 Å². The molecule has 7 nitrogen and oxygen atoms in total. The van der Waals surface area contributed by atoms with E-state index >= 15 is 0 Å². The highest BCUT2D eigenvalue weighted by Crippen LogP contribution is 2.27. The number of nitrogens with one attached hydrogen (secondary N) is 1. The van der Waals surface area contributed by atoms with Crippen LogP contribution in [0.5, 0.6) is 0 Å². The van der Waals surface area contributed by atoms with Gasteiger partial charge in [-0.15, -0.1) is 0 Å². The van der Waals surface area contributed by atoms with Crippen molar-refractivity contribution in [2.24, 2.45) is 7.05 Å².